The largest absolute Gasteiger partial charge is 0.508 e. The standard InChI is InChI=1S/C13H17NO4/c1-8(10-4-11(15)6-12(16)5-10)14-3-2-9(7-14)13(17)18/h4-6,8-9,15-16H,2-3,7H2,1H3,(H,17,18). The van der Waals surface area contributed by atoms with Crippen LogP contribution in [0, 0.1) is 5.92 Å². The number of aliphatic carboxylic acids is 1. The summed E-state index contributed by atoms with van der Waals surface area (Å²) in [6.45, 7) is 3.17. The third kappa shape index (κ3) is 2.56. The van der Waals surface area contributed by atoms with Crippen molar-refractivity contribution in [2.75, 3.05) is 13.1 Å². The highest BCUT2D eigenvalue weighted by molar-refractivity contribution is 5.70. The summed E-state index contributed by atoms with van der Waals surface area (Å²) in [6, 6.07) is 4.45. The van der Waals surface area contributed by atoms with Crippen molar-refractivity contribution in [3.8, 4) is 11.5 Å². The summed E-state index contributed by atoms with van der Waals surface area (Å²) in [6.07, 6.45) is 0.643. The fourth-order valence-corrected chi connectivity index (χ4v) is 2.41. The molecule has 1 aliphatic heterocycles. The van der Waals surface area contributed by atoms with Crippen molar-refractivity contribution >= 4 is 5.97 Å². The molecule has 1 heterocycles. The molecule has 1 aromatic carbocycles. The van der Waals surface area contributed by atoms with Crippen LogP contribution in [0.5, 0.6) is 11.5 Å². The predicted octanol–water partition coefficient (Wildman–Crippen LogP) is 1.57. The normalized spacial score (nSPS) is 21.9. The predicted molar refractivity (Wildman–Crippen MR) is 65.5 cm³/mol. The van der Waals surface area contributed by atoms with Crippen LogP contribution in [0.25, 0.3) is 0 Å². The van der Waals surface area contributed by atoms with Gasteiger partial charge in [-0.1, -0.05) is 0 Å². The van der Waals surface area contributed by atoms with E-state index in [0.717, 1.165) is 5.56 Å². The molecular formula is C13H17NO4. The van der Waals surface area contributed by atoms with E-state index in [1.807, 2.05) is 11.8 Å². The van der Waals surface area contributed by atoms with Crippen LogP contribution in [-0.4, -0.2) is 39.3 Å². The average Bonchev–Trinajstić information content (AvgIpc) is 2.75. The van der Waals surface area contributed by atoms with Gasteiger partial charge < -0.3 is 15.3 Å². The van der Waals surface area contributed by atoms with Gasteiger partial charge in [0.25, 0.3) is 0 Å². The van der Waals surface area contributed by atoms with Crippen LogP contribution in [0.15, 0.2) is 18.2 Å². The molecule has 2 rings (SSSR count). The van der Waals surface area contributed by atoms with E-state index in [1.54, 1.807) is 12.1 Å². The van der Waals surface area contributed by atoms with Crippen molar-refractivity contribution in [3.63, 3.8) is 0 Å². The maximum Gasteiger partial charge on any atom is 0.307 e. The van der Waals surface area contributed by atoms with E-state index in [2.05, 4.69) is 0 Å². The second-order valence-corrected chi connectivity index (χ2v) is 4.78. The van der Waals surface area contributed by atoms with Gasteiger partial charge >= 0.3 is 5.97 Å². The summed E-state index contributed by atoms with van der Waals surface area (Å²) in [5.74, 6) is -1.04. The SMILES string of the molecule is CC(c1cc(O)cc(O)c1)N1CCC(C(=O)O)C1. The molecule has 0 radical (unpaired) electrons. The van der Waals surface area contributed by atoms with Crippen molar-refractivity contribution in [3.05, 3.63) is 23.8 Å². The van der Waals surface area contributed by atoms with Crippen LogP contribution in [0.4, 0.5) is 0 Å². The van der Waals surface area contributed by atoms with Gasteiger partial charge in [0.1, 0.15) is 11.5 Å². The number of carbonyl (C=O) groups is 1. The summed E-state index contributed by atoms with van der Waals surface area (Å²) in [5, 5.41) is 27.9. The van der Waals surface area contributed by atoms with Gasteiger partial charge in [0.2, 0.25) is 0 Å². The molecule has 0 amide bonds. The minimum absolute atomic E-state index is 0.0193. The zero-order valence-corrected chi connectivity index (χ0v) is 10.2. The molecule has 5 nitrogen and oxygen atoms in total. The Balaban J connectivity index is 2.12. The maximum atomic E-state index is 10.9. The van der Waals surface area contributed by atoms with Crippen molar-refractivity contribution in [2.45, 2.75) is 19.4 Å². The Morgan fingerprint density at radius 3 is 2.44 bits per heavy atom. The topological polar surface area (TPSA) is 81.0 Å². The van der Waals surface area contributed by atoms with Gasteiger partial charge in [-0.05, 0) is 37.6 Å². The fraction of sp³-hybridized carbons (Fsp3) is 0.462. The van der Waals surface area contributed by atoms with Gasteiger partial charge in [0.05, 0.1) is 5.92 Å². The van der Waals surface area contributed by atoms with Gasteiger partial charge in [0, 0.05) is 18.7 Å². The molecule has 1 saturated heterocycles. The average molecular weight is 251 g/mol. The number of hydrogen-bond acceptors (Lipinski definition) is 4. The third-order valence-electron chi connectivity index (χ3n) is 3.52. The molecule has 18 heavy (non-hydrogen) atoms. The van der Waals surface area contributed by atoms with Crippen molar-refractivity contribution in [1.82, 2.24) is 4.90 Å². The van der Waals surface area contributed by atoms with E-state index < -0.39 is 5.97 Å². The number of nitrogens with zero attached hydrogens (tertiary/aromatic N) is 1. The van der Waals surface area contributed by atoms with Gasteiger partial charge in [0.15, 0.2) is 0 Å². The molecule has 1 aliphatic rings. The second-order valence-electron chi connectivity index (χ2n) is 4.78. The van der Waals surface area contributed by atoms with Gasteiger partial charge in [-0.25, -0.2) is 0 Å². The highest BCUT2D eigenvalue weighted by Crippen LogP contribution is 2.31. The fourth-order valence-electron chi connectivity index (χ4n) is 2.41. The molecule has 3 N–H and O–H groups in total. The molecule has 1 aromatic rings. The molecule has 2 unspecified atom stereocenters. The van der Waals surface area contributed by atoms with Crippen molar-refractivity contribution < 1.29 is 20.1 Å². The van der Waals surface area contributed by atoms with Gasteiger partial charge in [-0.3, -0.25) is 9.69 Å². The monoisotopic (exact) mass is 251 g/mol. The molecule has 2 atom stereocenters. The number of carboxylic acids is 1. The molecule has 0 aliphatic carbocycles. The summed E-state index contributed by atoms with van der Waals surface area (Å²) in [7, 11) is 0. The lowest BCUT2D eigenvalue weighted by Gasteiger charge is -2.24. The minimum atomic E-state index is -0.761. The number of hydrogen-bond donors (Lipinski definition) is 3. The first-order valence-corrected chi connectivity index (χ1v) is 5.97. The number of benzene rings is 1. The molecule has 0 spiro atoms. The number of phenolic OH excluding ortho intramolecular Hbond substituents is 2. The lowest BCUT2D eigenvalue weighted by molar-refractivity contribution is -0.141. The first-order chi connectivity index (χ1) is 8.47. The van der Waals surface area contributed by atoms with Crippen molar-refractivity contribution in [2.24, 2.45) is 5.92 Å². The van der Waals surface area contributed by atoms with E-state index in [0.29, 0.717) is 19.5 Å². The molecule has 0 bridgehead atoms. The summed E-state index contributed by atoms with van der Waals surface area (Å²) in [4.78, 5) is 13.0. The second kappa shape index (κ2) is 4.86. The third-order valence-corrected chi connectivity index (χ3v) is 3.52. The Labute approximate surface area is 105 Å². The van der Waals surface area contributed by atoms with Gasteiger partial charge in [-0.2, -0.15) is 0 Å². The maximum absolute atomic E-state index is 10.9. The Morgan fingerprint density at radius 2 is 1.94 bits per heavy atom. The molecule has 5 heteroatoms. The number of phenols is 2. The van der Waals surface area contributed by atoms with Crippen LogP contribution >= 0.6 is 0 Å². The van der Waals surface area contributed by atoms with E-state index >= 15 is 0 Å². The van der Waals surface area contributed by atoms with Crippen LogP contribution in [0.3, 0.4) is 0 Å². The number of carboxylic acid groups (broad SMARTS) is 1. The number of rotatable bonds is 3. The molecular weight excluding hydrogens is 234 g/mol. The molecule has 0 aromatic heterocycles. The van der Waals surface area contributed by atoms with Crippen LogP contribution in [-0.2, 0) is 4.79 Å². The minimum Gasteiger partial charge on any atom is -0.508 e. The lowest BCUT2D eigenvalue weighted by Crippen LogP contribution is -2.26. The summed E-state index contributed by atoms with van der Waals surface area (Å²) in [5.41, 5.74) is 0.790. The Kier molecular flexibility index (Phi) is 3.43. The molecule has 1 fully saturated rings. The number of likely N-dealkylation sites (tertiary alicyclic amines) is 1. The van der Waals surface area contributed by atoms with Crippen LogP contribution < -0.4 is 0 Å². The zero-order chi connectivity index (χ0) is 13.3. The van der Waals surface area contributed by atoms with E-state index in [4.69, 9.17) is 5.11 Å². The van der Waals surface area contributed by atoms with E-state index in [1.165, 1.54) is 6.07 Å². The van der Waals surface area contributed by atoms with Crippen LogP contribution in [0.2, 0.25) is 0 Å². The Morgan fingerprint density at radius 1 is 1.33 bits per heavy atom. The summed E-state index contributed by atoms with van der Waals surface area (Å²) < 4.78 is 0. The quantitative estimate of drug-likeness (QED) is 0.759. The zero-order valence-electron chi connectivity index (χ0n) is 10.2. The lowest BCUT2D eigenvalue weighted by atomic mass is 10.1. The Bertz CT molecular complexity index is 440. The number of aromatic hydroxyl groups is 2. The highest BCUT2D eigenvalue weighted by Gasteiger charge is 2.31. The highest BCUT2D eigenvalue weighted by atomic mass is 16.4. The van der Waals surface area contributed by atoms with E-state index in [-0.39, 0.29) is 23.5 Å². The first-order valence-electron chi connectivity index (χ1n) is 5.97. The van der Waals surface area contributed by atoms with E-state index in [9.17, 15) is 15.0 Å². The molecule has 0 saturated carbocycles. The smallest absolute Gasteiger partial charge is 0.307 e. The van der Waals surface area contributed by atoms with Gasteiger partial charge in [-0.15, -0.1) is 0 Å². The summed E-state index contributed by atoms with van der Waals surface area (Å²) >= 11 is 0. The Hall–Kier alpha value is -1.75. The van der Waals surface area contributed by atoms with Crippen LogP contribution in [0.1, 0.15) is 24.9 Å². The first kappa shape index (κ1) is 12.7. The van der Waals surface area contributed by atoms with Crippen molar-refractivity contribution in [1.29, 1.82) is 0 Å². The molecule has 98 valence electrons.